The average Bonchev–Trinajstić information content (AvgIpc) is 3.77. The Labute approximate surface area is 264 Å². The van der Waals surface area contributed by atoms with E-state index in [2.05, 4.69) is 78.5 Å². The zero-order valence-corrected chi connectivity index (χ0v) is 25.3. The first kappa shape index (κ1) is 29.2. The van der Waals surface area contributed by atoms with E-state index in [4.69, 9.17) is 11.6 Å². The maximum absolute atomic E-state index is 13.7. The van der Waals surface area contributed by atoms with Gasteiger partial charge in [-0.3, -0.25) is 10.3 Å². The molecule has 3 aromatic carbocycles. The van der Waals surface area contributed by atoms with E-state index in [0.717, 1.165) is 34.9 Å². The molecule has 44 heavy (non-hydrogen) atoms. The van der Waals surface area contributed by atoms with E-state index in [-0.39, 0.29) is 11.9 Å². The lowest BCUT2D eigenvalue weighted by molar-refractivity contribution is 0.210. The smallest absolute Gasteiger partial charge is 0.323 e. The fourth-order valence-electron chi connectivity index (χ4n) is 5.00. The number of aromatic nitrogens is 6. The van der Waals surface area contributed by atoms with Crippen molar-refractivity contribution >= 4 is 34.3 Å². The Morgan fingerprint density at radius 3 is 2.30 bits per heavy atom. The second-order valence-corrected chi connectivity index (χ2v) is 11.3. The molecular formula is C33H29ClN8OS. The molecule has 0 bridgehead atoms. The Kier molecular flexibility index (Phi) is 9.29. The summed E-state index contributed by atoms with van der Waals surface area (Å²) in [7, 11) is 0. The molecule has 3 aromatic heterocycles. The van der Waals surface area contributed by atoms with Gasteiger partial charge in [-0.25, -0.2) is 9.48 Å². The fourth-order valence-corrected chi connectivity index (χ4v) is 5.76. The first-order valence-corrected chi connectivity index (χ1v) is 15.3. The third-order valence-electron chi connectivity index (χ3n) is 7.25. The largest absolute Gasteiger partial charge is 0.324 e. The first-order valence-electron chi connectivity index (χ1n) is 14.2. The number of nitrogens with one attached hydrogen (secondary N) is 1. The van der Waals surface area contributed by atoms with Crippen LogP contribution in [0.4, 0.5) is 9.93 Å². The highest BCUT2D eigenvalue weighted by atomic mass is 35.5. The summed E-state index contributed by atoms with van der Waals surface area (Å²) in [6.45, 7) is 0.987. The lowest BCUT2D eigenvalue weighted by Gasteiger charge is -2.26. The van der Waals surface area contributed by atoms with E-state index in [1.54, 1.807) is 29.3 Å². The molecule has 0 spiro atoms. The minimum atomic E-state index is -0.240. The Morgan fingerprint density at radius 1 is 0.909 bits per heavy atom. The van der Waals surface area contributed by atoms with Crippen LogP contribution >= 0.6 is 23.1 Å². The number of carbonyl (C=O) groups is 1. The van der Waals surface area contributed by atoms with E-state index in [1.807, 2.05) is 47.4 Å². The summed E-state index contributed by atoms with van der Waals surface area (Å²) < 4.78 is 6.16. The zero-order chi connectivity index (χ0) is 30.1. The van der Waals surface area contributed by atoms with E-state index in [9.17, 15) is 4.79 Å². The van der Waals surface area contributed by atoms with Crippen molar-refractivity contribution < 1.29 is 4.79 Å². The third-order valence-corrected chi connectivity index (χ3v) is 8.11. The van der Waals surface area contributed by atoms with Gasteiger partial charge < -0.3 is 4.90 Å². The molecule has 0 unspecified atom stereocenters. The van der Waals surface area contributed by atoms with Crippen LogP contribution in [0.15, 0.2) is 116 Å². The summed E-state index contributed by atoms with van der Waals surface area (Å²) in [4.78, 5) is 24.5. The van der Waals surface area contributed by atoms with E-state index in [0.29, 0.717) is 35.5 Å². The highest BCUT2D eigenvalue weighted by molar-refractivity contribution is 7.10. The second-order valence-electron chi connectivity index (χ2n) is 10.1. The molecule has 0 saturated carbocycles. The van der Waals surface area contributed by atoms with Crippen molar-refractivity contribution in [2.24, 2.45) is 0 Å². The molecule has 0 saturated heterocycles. The standard InChI is InChI=1S/C33H29ClN8OS/c34-27-15-18-35-28(23-27)16-20-41(21-17-30(24-7-3-1-4-8-24)25-9-5-2-6-10-25)33(43)38-32-37-31(39-44-32)26-11-13-29(14-12-26)42-22-19-36-40-42/h1-15,18-19,22-23,30H,16-17,20-21H2,(H,37,38,39,43). The Bertz CT molecular complexity index is 1740. The van der Waals surface area contributed by atoms with Gasteiger partial charge >= 0.3 is 6.03 Å². The van der Waals surface area contributed by atoms with Gasteiger partial charge in [-0.15, -0.1) is 5.10 Å². The number of rotatable bonds is 11. The predicted octanol–water partition coefficient (Wildman–Crippen LogP) is 7.13. The van der Waals surface area contributed by atoms with Gasteiger partial charge in [0.05, 0.1) is 18.1 Å². The number of pyridine rings is 1. The van der Waals surface area contributed by atoms with Gasteiger partial charge in [0.15, 0.2) is 5.82 Å². The third kappa shape index (κ3) is 7.34. The molecule has 6 aromatic rings. The molecule has 0 aliphatic carbocycles. The Balaban J connectivity index is 1.18. The molecular weight excluding hydrogens is 592 g/mol. The van der Waals surface area contributed by atoms with Crippen LogP contribution in [0.2, 0.25) is 5.02 Å². The van der Waals surface area contributed by atoms with Crippen molar-refractivity contribution in [3.8, 4) is 17.1 Å². The molecule has 1 N–H and O–H groups in total. The monoisotopic (exact) mass is 620 g/mol. The quantitative estimate of drug-likeness (QED) is 0.165. The molecule has 9 nitrogen and oxygen atoms in total. The molecule has 0 fully saturated rings. The summed E-state index contributed by atoms with van der Waals surface area (Å²) in [5, 5.41) is 11.9. The first-order chi connectivity index (χ1) is 21.6. The maximum Gasteiger partial charge on any atom is 0.323 e. The summed E-state index contributed by atoms with van der Waals surface area (Å²) in [6, 6.07) is 31.8. The number of hydrogen-bond acceptors (Lipinski definition) is 7. The minimum absolute atomic E-state index is 0.130. The van der Waals surface area contributed by atoms with Crippen molar-refractivity contribution in [3.05, 3.63) is 137 Å². The molecule has 0 aliphatic heterocycles. The van der Waals surface area contributed by atoms with E-state index >= 15 is 0 Å². The average molecular weight is 621 g/mol. The maximum atomic E-state index is 13.7. The molecule has 2 amide bonds. The topological polar surface area (TPSA) is 102 Å². The van der Waals surface area contributed by atoms with Crippen LogP contribution in [0.1, 0.15) is 29.2 Å². The second kappa shape index (κ2) is 14.0. The number of anilines is 1. The minimum Gasteiger partial charge on any atom is -0.324 e. The number of benzene rings is 3. The van der Waals surface area contributed by atoms with Gasteiger partial charge in [-0.1, -0.05) is 77.5 Å². The van der Waals surface area contributed by atoms with Crippen LogP contribution in [-0.2, 0) is 6.42 Å². The van der Waals surface area contributed by atoms with Crippen LogP contribution < -0.4 is 5.32 Å². The highest BCUT2D eigenvalue weighted by Crippen LogP contribution is 2.29. The number of nitrogens with zero attached hydrogens (tertiary/aromatic N) is 7. The Hall–Kier alpha value is -4.93. The lowest BCUT2D eigenvalue weighted by atomic mass is 9.88. The number of carbonyl (C=O) groups excluding carboxylic acids is 1. The van der Waals surface area contributed by atoms with Gasteiger partial charge in [0.25, 0.3) is 0 Å². The molecule has 11 heteroatoms. The molecule has 0 aliphatic rings. The fraction of sp³-hybridized carbons (Fsp3) is 0.152. The van der Waals surface area contributed by atoms with Gasteiger partial charge in [0.2, 0.25) is 5.13 Å². The van der Waals surface area contributed by atoms with Crippen molar-refractivity contribution in [1.29, 1.82) is 0 Å². The molecule has 0 radical (unpaired) electrons. The van der Waals surface area contributed by atoms with E-state index in [1.165, 1.54) is 11.1 Å². The van der Waals surface area contributed by atoms with Crippen molar-refractivity contribution in [3.63, 3.8) is 0 Å². The van der Waals surface area contributed by atoms with Gasteiger partial charge in [-0.05, 0) is 53.9 Å². The van der Waals surface area contributed by atoms with Crippen LogP contribution in [0.3, 0.4) is 0 Å². The zero-order valence-electron chi connectivity index (χ0n) is 23.7. The van der Waals surface area contributed by atoms with Crippen molar-refractivity contribution in [2.45, 2.75) is 18.8 Å². The summed E-state index contributed by atoms with van der Waals surface area (Å²) in [5.41, 5.74) is 4.95. The lowest BCUT2D eigenvalue weighted by Crippen LogP contribution is -2.38. The van der Waals surface area contributed by atoms with Crippen LogP contribution in [0.5, 0.6) is 0 Å². The van der Waals surface area contributed by atoms with Gasteiger partial charge in [0.1, 0.15) is 0 Å². The summed E-state index contributed by atoms with van der Waals surface area (Å²) in [5.74, 6) is 0.670. The van der Waals surface area contributed by atoms with E-state index < -0.39 is 0 Å². The SMILES string of the molecule is O=C(Nc1nc(-c2ccc(-n3ccnn3)cc2)ns1)N(CCc1cc(Cl)ccn1)CCC(c1ccccc1)c1ccccc1. The Morgan fingerprint density at radius 2 is 1.64 bits per heavy atom. The van der Waals surface area contributed by atoms with Gasteiger partial charge in [-0.2, -0.15) is 9.36 Å². The van der Waals surface area contributed by atoms with Crippen LogP contribution in [0, 0.1) is 0 Å². The van der Waals surface area contributed by atoms with Crippen LogP contribution in [-0.4, -0.2) is 53.4 Å². The molecule has 3 heterocycles. The normalized spacial score (nSPS) is 11.0. The van der Waals surface area contributed by atoms with Crippen molar-refractivity contribution in [1.82, 2.24) is 34.2 Å². The van der Waals surface area contributed by atoms with Gasteiger partial charge in [0, 0.05) is 59.4 Å². The summed E-state index contributed by atoms with van der Waals surface area (Å²) >= 11 is 7.35. The summed E-state index contributed by atoms with van der Waals surface area (Å²) in [6.07, 6.45) is 6.39. The van der Waals surface area contributed by atoms with Crippen molar-refractivity contribution in [2.75, 3.05) is 18.4 Å². The van der Waals surface area contributed by atoms with Crippen LogP contribution in [0.25, 0.3) is 17.1 Å². The highest BCUT2D eigenvalue weighted by Gasteiger charge is 2.21. The molecule has 220 valence electrons. The number of halogens is 1. The number of urea groups is 1. The molecule has 0 atom stereocenters. The molecule has 6 rings (SSSR count). The predicted molar refractivity (Wildman–Crippen MR) is 173 cm³/mol. The number of amides is 2. The number of hydrogen-bond donors (Lipinski definition) is 1.